The number of ether oxygens (including phenoxy) is 3. The van der Waals surface area contributed by atoms with Crippen molar-refractivity contribution >= 4 is 5.97 Å². The third-order valence-electron chi connectivity index (χ3n) is 2.48. The summed E-state index contributed by atoms with van der Waals surface area (Å²) in [5, 5.41) is 22.1. The number of rotatable bonds is 4. The quantitative estimate of drug-likeness (QED) is 0.390. The van der Waals surface area contributed by atoms with Crippen LogP contribution in [0.4, 0.5) is 0 Å². The molecule has 0 aromatic heterocycles. The summed E-state index contributed by atoms with van der Waals surface area (Å²) in [6.45, 7) is 0. The number of azide groups is 1. The van der Waals surface area contributed by atoms with Gasteiger partial charge in [-0.25, -0.2) is 4.79 Å². The number of hydrogen-bond donors (Lipinski definition) is 2. The number of methoxy groups -OCH3 is 2. The van der Waals surface area contributed by atoms with E-state index in [-0.39, 0.29) is 0 Å². The Balaban J connectivity index is 3.03. The number of carbonyl (C=O) groups is 1. The highest BCUT2D eigenvalue weighted by Crippen LogP contribution is 2.26. The molecular formula is C8H13N3O6. The summed E-state index contributed by atoms with van der Waals surface area (Å²) < 4.78 is 14.7. The van der Waals surface area contributed by atoms with Gasteiger partial charge in [0.1, 0.15) is 12.2 Å². The number of carboxylic acid groups (broad SMARTS) is 1. The SMILES string of the molecule is COC1O[C@H](C(=O)O)[C@@H](OC)[C@H](N=[N+]=[N-])[C@H]1O. The summed E-state index contributed by atoms with van der Waals surface area (Å²) in [7, 11) is 2.48. The molecule has 0 saturated carbocycles. The standard InChI is InChI=1S/C8H13N3O6/c1-15-5-3(10-11-9)4(12)8(16-2)17-6(5)7(13)14/h3-6,8,12H,1-2H3,(H,13,14)/t3-,4-,5+,6+,8?/m1/s1. The van der Waals surface area contributed by atoms with Gasteiger partial charge in [0.2, 0.25) is 0 Å². The molecule has 0 aromatic rings. The maximum atomic E-state index is 11.0. The fourth-order valence-corrected chi connectivity index (χ4v) is 1.69. The van der Waals surface area contributed by atoms with Crippen LogP contribution in [0.2, 0.25) is 0 Å². The van der Waals surface area contributed by atoms with Crippen molar-refractivity contribution in [3.63, 3.8) is 0 Å². The van der Waals surface area contributed by atoms with Gasteiger partial charge in [-0.1, -0.05) is 5.11 Å². The maximum absolute atomic E-state index is 11.0. The smallest absolute Gasteiger partial charge is 0.335 e. The average molecular weight is 247 g/mol. The summed E-state index contributed by atoms with van der Waals surface area (Å²) in [6, 6.07) is -1.09. The van der Waals surface area contributed by atoms with Crippen molar-refractivity contribution in [3.05, 3.63) is 10.4 Å². The molecule has 1 aliphatic rings. The van der Waals surface area contributed by atoms with Crippen molar-refractivity contribution in [1.29, 1.82) is 0 Å². The molecule has 0 bridgehead atoms. The number of nitrogens with zero attached hydrogens (tertiary/aromatic N) is 3. The lowest BCUT2D eigenvalue weighted by Gasteiger charge is -2.39. The summed E-state index contributed by atoms with van der Waals surface area (Å²) in [5.74, 6) is -1.29. The number of carboxylic acids is 1. The Labute approximate surface area is 96.5 Å². The van der Waals surface area contributed by atoms with Crippen molar-refractivity contribution in [1.82, 2.24) is 0 Å². The zero-order valence-electron chi connectivity index (χ0n) is 9.26. The second-order valence-electron chi connectivity index (χ2n) is 3.39. The molecule has 1 saturated heterocycles. The minimum Gasteiger partial charge on any atom is -0.479 e. The Morgan fingerprint density at radius 2 is 2.12 bits per heavy atom. The van der Waals surface area contributed by atoms with E-state index in [9.17, 15) is 9.90 Å². The molecule has 1 heterocycles. The highest BCUT2D eigenvalue weighted by molar-refractivity contribution is 5.73. The lowest BCUT2D eigenvalue weighted by atomic mass is 9.96. The highest BCUT2D eigenvalue weighted by atomic mass is 16.7. The van der Waals surface area contributed by atoms with Gasteiger partial charge in [-0.3, -0.25) is 0 Å². The third-order valence-corrected chi connectivity index (χ3v) is 2.48. The minimum atomic E-state index is -1.37. The van der Waals surface area contributed by atoms with Crippen LogP contribution in [0.25, 0.3) is 10.4 Å². The topological polar surface area (TPSA) is 134 Å². The summed E-state index contributed by atoms with van der Waals surface area (Å²) in [6.07, 6.45) is -4.93. The molecular weight excluding hydrogens is 234 g/mol. The van der Waals surface area contributed by atoms with Gasteiger partial charge < -0.3 is 24.4 Å². The van der Waals surface area contributed by atoms with Gasteiger partial charge in [-0.15, -0.1) is 0 Å². The molecule has 9 nitrogen and oxygen atoms in total. The van der Waals surface area contributed by atoms with E-state index in [0.717, 1.165) is 0 Å². The van der Waals surface area contributed by atoms with Crippen LogP contribution in [0.5, 0.6) is 0 Å². The largest absolute Gasteiger partial charge is 0.479 e. The second-order valence-corrected chi connectivity index (χ2v) is 3.39. The lowest BCUT2D eigenvalue weighted by Crippen LogP contribution is -2.60. The van der Waals surface area contributed by atoms with Crippen LogP contribution >= 0.6 is 0 Å². The van der Waals surface area contributed by atoms with E-state index in [1.165, 1.54) is 14.2 Å². The first-order chi connectivity index (χ1) is 8.06. The first-order valence-corrected chi connectivity index (χ1v) is 4.73. The van der Waals surface area contributed by atoms with Crippen molar-refractivity contribution in [2.24, 2.45) is 5.11 Å². The van der Waals surface area contributed by atoms with Crippen LogP contribution in [0.15, 0.2) is 5.11 Å². The Morgan fingerprint density at radius 3 is 2.53 bits per heavy atom. The fraction of sp³-hybridized carbons (Fsp3) is 0.875. The van der Waals surface area contributed by atoms with Crippen LogP contribution in [-0.2, 0) is 19.0 Å². The van der Waals surface area contributed by atoms with E-state index in [4.69, 9.17) is 24.8 Å². The van der Waals surface area contributed by atoms with Crippen LogP contribution in [0.3, 0.4) is 0 Å². The minimum absolute atomic E-state index is 1.08. The van der Waals surface area contributed by atoms with Gasteiger partial charge in [-0.05, 0) is 5.53 Å². The molecule has 2 N–H and O–H groups in total. The number of hydrogen-bond acceptors (Lipinski definition) is 6. The van der Waals surface area contributed by atoms with Crippen LogP contribution in [0, 0.1) is 0 Å². The van der Waals surface area contributed by atoms with Gasteiger partial charge in [0.05, 0.1) is 6.04 Å². The van der Waals surface area contributed by atoms with Crippen molar-refractivity contribution < 1.29 is 29.2 Å². The molecule has 1 unspecified atom stereocenters. The van der Waals surface area contributed by atoms with Crippen LogP contribution in [0.1, 0.15) is 0 Å². The number of aliphatic hydroxyl groups is 1. The average Bonchev–Trinajstić information content (AvgIpc) is 2.31. The first-order valence-electron chi connectivity index (χ1n) is 4.73. The normalized spacial score (nSPS) is 37.2. The third kappa shape index (κ3) is 2.65. The molecule has 96 valence electrons. The summed E-state index contributed by atoms with van der Waals surface area (Å²) in [5.41, 5.74) is 8.40. The molecule has 9 heteroatoms. The first kappa shape index (κ1) is 13.7. The predicted octanol–water partition coefficient (Wildman–Crippen LogP) is -0.503. The van der Waals surface area contributed by atoms with Crippen LogP contribution < -0.4 is 0 Å². The van der Waals surface area contributed by atoms with Gasteiger partial charge >= 0.3 is 5.97 Å². The molecule has 0 spiro atoms. The molecule has 5 atom stereocenters. The Morgan fingerprint density at radius 1 is 1.47 bits per heavy atom. The van der Waals surface area contributed by atoms with Gasteiger partial charge in [-0.2, -0.15) is 0 Å². The van der Waals surface area contributed by atoms with E-state index in [1.807, 2.05) is 0 Å². The Bertz CT molecular complexity index is 331. The van der Waals surface area contributed by atoms with E-state index < -0.39 is 36.6 Å². The van der Waals surface area contributed by atoms with Crippen molar-refractivity contribution in [3.8, 4) is 0 Å². The lowest BCUT2D eigenvalue weighted by molar-refractivity contribution is -0.265. The van der Waals surface area contributed by atoms with Gasteiger partial charge in [0, 0.05) is 19.1 Å². The van der Waals surface area contributed by atoms with E-state index in [1.54, 1.807) is 0 Å². The van der Waals surface area contributed by atoms with Crippen molar-refractivity contribution in [2.75, 3.05) is 14.2 Å². The Hall–Kier alpha value is -1.38. The zero-order valence-corrected chi connectivity index (χ0v) is 9.26. The molecule has 1 fully saturated rings. The summed E-state index contributed by atoms with van der Waals surface area (Å²) >= 11 is 0. The molecule has 1 rings (SSSR count). The molecule has 1 aliphatic heterocycles. The van der Waals surface area contributed by atoms with E-state index in [2.05, 4.69) is 10.0 Å². The number of aliphatic carboxylic acids is 1. The highest BCUT2D eigenvalue weighted by Gasteiger charge is 2.48. The molecule has 17 heavy (non-hydrogen) atoms. The molecule has 0 radical (unpaired) electrons. The summed E-state index contributed by atoms with van der Waals surface area (Å²) in [4.78, 5) is 13.5. The van der Waals surface area contributed by atoms with Gasteiger partial charge in [0.15, 0.2) is 12.4 Å². The fourth-order valence-electron chi connectivity index (χ4n) is 1.69. The van der Waals surface area contributed by atoms with Crippen LogP contribution in [-0.4, -0.2) is 61.0 Å². The van der Waals surface area contributed by atoms with E-state index >= 15 is 0 Å². The maximum Gasteiger partial charge on any atom is 0.335 e. The molecule has 0 aromatic carbocycles. The molecule has 0 aliphatic carbocycles. The Kier molecular flexibility index (Phi) is 4.67. The molecule has 0 amide bonds. The van der Waals surface area contributed by atoms with Gasteiger partial charge in [0.25, 0.3) is 0 Å². The predicted molar refractivity (Wildman–Crippen MR) is 53.0 cm³/mol. The monoisotopic (exact) mass is 247 g/mol. The second kappa shape index (κ2) is 5.80. The van der Waals surface area contributed by atoms with Crippen molar-refractivity contribution in [2.45, 2.75) is 30.6 Å². The number of aliphatic hydroxyl groups excluding tert-OH is 1. The van der Waals surface area contributed by atoms with E-state index in [0.29, 0.717) is 0 Å². The zero-order chi connectivity index (χ0) is 13.0.